The molecule has 0 aromatic carbocycles. The van der Waals surface area contributed by atoms with Crippen molar-refractivity contribution in [3.8, 4) is 0 Å². The van der Waals surface area contributed by atoms with Crippen LogP contribution in [0.15, 0.2) is 6.07 Å². The van der Waals surface area contributed by atoms with Gasteiger partial charge in [-0.3, -0.25) is 0 Å². The second-order valence-electron chi connectivity index (χ2n) is 6.51. The first-order valence-electron chi connectivity index (χ1n) is 9.20. The highest BCUT2D eigenvalue weighted by molar-refractivity contribution is 7.12. The van der Waals surface area contributed by atoms with Crippen LogP contribution >= 0.6 is 11.3 Å². The molecule has 0 radical (unpaired) electrons. The summed E-state index contributed by atoms with van der Waals surface area (Å²) in [6.45, 7) is 5.72. The van der Waals surface area contributed by atoms with Crippen molar-refractivity contribution in [2.45, 2.75) is 90.5 Å². The molecule has 1 aromatic heterocycles. The molecular weight excluding hydrogens is 274 g/mol. The summed E-state index contributed by atoms with van der Waals surface area (Å²) in [5.74, 6) is 0. The number of rotatable bonds is 10. The van der Waals surface area contributed by atoms with E-state index >= 15 is 0 Å². The third-order valence-electron chi connectivity index (χ3n) is 4.60. The van der Waals surface area contributed by atoms with Gasteiger partial charge < -0.3 is 5.32 Å². The van der Waals surface area contributed by atoms with E-state index in [4.69, 9.17) is 0 Å². The molecule has 1 unspecified atom stereocenters. The van der Waals surface area contributed by atoms with Crippen LogP contribution in [0.1, 0.15) is 93.0 Å². The van der Waals surface area contributed by atoms with Crippen molar-refractivity contribution in [2.24, 2.45) is 0 Å². The molecule has 1 aliphatic rings. The molecule has 1 N–H and O–H groups in total. The molecule has 2 rings (SSSR count). The number of unbranched alkanes of at least 4 members (excludes halogenated alkanes) is 4. The van der Waals surface area contributed by atoms with E-state index in [1.54, 1.807) is 15.3 Å². The van der Waals surface area contributed by atoms with Gasteiger partial charge in [-0.05, 0) is 56.7 Å². The largest absolute Gasteiger partial charge is 0.309 e. The molecule has 1 aromatic rings. The SMILES string of the molecule is CCCCCCCC(NCCC)c1cc2c(s1)CCCC2. The minimum atomic E-state index is 0.613. The lowest BCUT2D eigenvalue weighted by Crippen LogP contribution is -2.21. The quantitative estimate of drug-likeness (QED) is 0.520. The van der Waals surface area contributed by atoms with Crippen molar-refractivity contribution in [1.29, 1.82) is 0 Å². The summed E-state index contributed by atoms with van der Waals surface area (Å²) in [6, 6.07) is 3.14. The molecule has 0 amide bonds. The second kappa shape index (κ2) is 9.63. The predicted octanol–water partition coefficient (Wildman–Crippen LogP) is 6.03. The molecule has 0 bridgehead atoms. The van der Waals surface area contributed by atoms with Crippen LogP contribution in [0.2, 0.25) is 0 Å². The summed E-state index contributed by atoms with van der Waals surface area (Å²) >= 11 is 2.10. The first kappa shape index (κ1) is 17.0. The first-order valence-corrected chi connectivity index (χ1v) is 10.0. The van der Waals surface area contributed by atoms with E-state index in [1.807, 2.05) is 0 Å². The molecule has 0 saturated heterocycles. The monoisotopic (exact) mass is 307 g/mol. The van der Waals surface area contributed by atoms with E-state index in [0.717, 1.165) is 6.54 Å². The van der Waals surface area contributed by atoms with Crippen LogP contribution in [0, 0.1) is 0 Å². The Bertz CT molecular complexity index is 373. The van der Waals surface area contributed by atoms with Crippen LogP contribution in [0.4, 0.5) is 0 Å². The number of hydrogen-bond donors (Lipinski definition) is 1. The van der Waals surface area contributed by atoms with Crippen LogP contribution in [0.25, 0.3) is 0 Å². The Balaban J connectivity index is 1.89. The van der Waals surface area contributed by atoms with Gasteiger partial charge in [0, 0.05) is 15.8 Å². The Hall–Kier alpha value is -0.340. The third-order valence-corrected chi connectivity index (χ3v) is 5.95. The van der Waals surface area contributed by atoms with E-state index in [0.29, 0.717) is 6.04 Å². The van der Waals surface area contributed by atoms with Gasteiger partial charge in [-0.1, -0.05) is 46.0 Å². The lowest BCUT2D eigenvalue weighted by Gasteiger charge is -2.17. The topological polar surface area (TPSA) is 12.0 Å². The molecular formula is C19H33NS. The fourth-order valence-corrected chi connectivity index (χ4v) is 4.67. The van der Waals surface area contributed by atoms with Crippen molar-refractivity contribution >= 4 is 11.3 Å². The molecule has 0 aliphatic heterocycles. The number of hydrogen-bond acceptors (Lipinski definition) is 2. The van der Waals surface area contributed by atoms with E-state index in [-0.39, 0.29) is 0 Å². The summed E-state index contributed by atoms with van der Waals surface area (Å²) in [5.41, 5.74) is 1.66. The highest BCUT2D eigenvalue weighted by Gasteiger charge is 2.18. The zero-order valence-corrected chi connectivity index (χ0v) is 14.9. The van der Waals surface area contributed by atoms with Crippen LogP contribution in [-0.4, -0.2) is 6.54 Å². The average Bonchev–Trinajstić information content (AvgIpc) is 2.93. The predicted molar refractivity (Wildman–Crippen MR) is 95.4 cm³/mol. The van der Waals surface area contributed by atoms with E-state index in [9.17, 15) is 0 Å². The number of fused-ring (bicyclic) bond motifs is 1. The van der Waals surface area contributed by atoms with Crippen molar-refractivity contribution in [1.82, 2.24) is 5.32 Å². The Morgan fingerprint density at radius 1 is 1.05 bits per heavy atom. The van der Waals surface area contributed by atoms with Crippen molar-refractivity contribution in [2.75, 3.05) is 6.54 Å². The number of aryl methyl sites for hydroxylation is 2. The van der Waals surface area contributed by atoms with Crippen LogP contribution in [0.3, 0.4) is 0 Å². The van der Waals surface area contributed by atoms with Gasteiger partial charge in [0.05, 0.1) is 0 Å². The summed E-state index contributed by atoms with van der Waals surface area (Å²) in [5, 5.41) is 3.80. The Morgan fingerprint density at radius 2 is 1.86 bits per heavy atom. The van der Waals surface area contributed by atoms with Crippen molar-refractivity contribution in [3.63, 3.8) is 0 Å². The van der Waals surface area contributed by atoms with E-state index in [2.05, 4.69) is 36.6 Å². The fourth-order valence-electron chi connectivity index (χ4n) is 3.30. The Morgan fingerprint density at radius 3 is 2.62 bits per heavy atom. The summed E-state index contributed by atoms with van der Waals surface area (Å²) in [7, 11) is 0. The molecule has 0 saturated carbocycles. The maximum absolute atomic E-state index is 3.80. The average molecular weight is 308 g/mol. The van der Waals surface area contributed by atoms with Gasteiger partial charge in [-0.25, -0.2) is 0 Å². The zero-order valence-electron chi connectivity index (χ0n) is 14.0. The summed E-state index contributed by atoms with van der Waals surface area (Å²) in [4.78, 5) is 3.30. The molecule has 1 nitrogen and oxygen atoms in total. The highest BCUT2D eigenvalue weighted by atomic mass is 32.1. The Labute approximate surface area is 135 Å². The van der Waals surface area contributed by atoms with Crippen LogP contribution < -0.4 is 5.32 Å². The number of thiophene rings is 1. The van der Waals surface area contributed by atoms with E-state index in [1.165, 1.54) is 70.6 Å². The molecule has 2 heteroatoms. The lowest BCUT2D eigenvalue weighted by atomic mass is 9.98. The maximum Gasteiger partial charge on any atom is 0.0414 e. The fraction of sp³-hybridized carbons (Fsp3) is 0.789. The van der Waals surface area contributed by atoms with Crippen molar-refractivity contribution < 1.29 is 0 Å². The van der Waals surface area contributed by atoms with Crippen LogP contribution in [-0.2, 0) is 12.8 Å². The van der Waals surface area contributed by atoms with Gasteiger partial charge in [0.15, 0.2) is 0 Å². The minimum Gasteiger partial charge on any atom is -0.309 e. The first-order chi connectivity index (χ1) is 10.3. The molecule has 0 fully saturated rings. The normalized spacial score (nSPS) is 15.9. The maximum atomic E-state index is 3.80. The minimum absolute atomic E-state index is 0.613. The lowest BCUT2D eigenvalue weighted by molar-refractivity contribution is 0.473. The van der Waals surface area contributed by atoms with Gasteiger partial charge in [0.25, 0.3) is 0 Å². The molecule has 120 valence electrons. The van der Waals surface area contributed by atoms with E-state index < -0.39 is 0 Å². The van der Waals surface area contributed by atoms with Crippen molar-refractivity contribution in [3.05, 3.63) is 21.4 Å². The Kier molecular flexibility index (Phi) is 7.81. The standard InChI is InChI=1S/C19H33NS/c1-3-5-6-7-8-12-17(20-14-4-2)19-15-16-11-9-10-13-18(16)21-19/h15,17,20H,3-14H2,1-2H3. The molecule has 21 heavy (non-hydrogen) atoms. The smallest absolute Gasteiger partial charge is 0.0414 e. The highest BCUT2D eigenvalue weighted by Crippen LogP contribution is 2.34. The number of nitrogens with one attached hydrogen (secondary N) is 1. The van der Waals surface area contributed by atoms with Gasteiger partial charge in [-0.15, -0.1) is 11.3 Å². The van der Waals surface area contributed by atoms with Gasteiger partial charge in [0.2, 0.25) is 0 Å². The molecule has 1 heterocycles. The molecule has 1 aliphatic carbocycles. The van der Waals surface area contributed by atoms with Gasteiger partial charge in [-0.2, -0.15) is 0 Å². The zero-order chi connectivity index (χ0) is 14.9. The second-order valence-corrected chi connectivity index (χ2v) is 7.68. The molecule has 0 spiro atoms. The third kappa shape index (κ3) is 5.41. The van der Waals surface area contributed by atoms with Crippen LogP contribution in [0.5, 0.6) is 0 Å². The molecule has 1 atom stereocenters. The summed E-state index contributed by atoms with van der Waals surface area (Å²) < 4.78 is 0. The summed E-state index contributed by atoms with van der Waals surface area (Å²) in [6.07, 6.45) is 14.9. The van der Waals surface area contributed by atoms with Gasteiger partial charge in [0.1, 0.15) is 0 Å². The van der Waals surface area contributed by atoms with Gasteiger partial charge >= 0.3 is 0 Å².